The molecular formula is C30H29N3O2. The van der Waals surface area contributed by atoms with Gasteiger partial charge >= 0.3 is 5.97 Å². The van der Waals surface area contributed by atoms with Crippen molar-refractivity contribution in [2.75, 3.05) is 31.1 Å². The maximum atomic E-state index is 11.7. The van der Waals surface area contributed by atoms with E-state index in [1.54, 1.807) is 6.07 Å². The zero-order valence-corrected chi connectivity index (χ0v) is 19.7. The molecule has 0 saturated carbocycles. The highest BCUT2D eigenvalue weighted by Crippen LogP contribution is 2.38. The number of rotatable bonds is 5. The predicted molar refractivity (Wildman–Crippen MR) is 139 cm³/mol. The molecule has 5 heteroatoms. The fraction of sp³-hybridized carbons (Fsp3) is 0.267. The Kier molecular flexibility index (Phi) is 5.71. The number of aromatic nitrogens is 1. The Bertz CT molecular complexity index is 1320. The number of hydrogen-bond donors (Lipinski definition) is 1. The normalized spacial score (nSPS) is 16.1. The summed E-state index contributed by atoms with van der Waals surface area (Å²) in [6.45, 7) is 3.68. The first kappa shape index (κ1) is 21.8. The predicted octanol–water partition coefficient (Wildman–Crippen LogP) is 5.33. The second-order valence-electron chi connectivity index (χ2n) is 9.52. The molecule has 5 nitrogen and oxygen atoms in total. The first-order valence-corrected chi connectivity index (χ1v) is 12.5. The fourth-order valence-electron chi connectivity index (χ4n) is 5.82. The highest BCUT2D eigenvalue weighted by Gasteiger charge is 2.30. The van der Waals surface area contributed by atoms with Crippen LogP contribution in [0.1, 0.15) is 45.2 Å². The highest BCUT2D eigenvalue weighted by molar-refractivity contribution is 6.00. The molecule has 6 rings (SSSR count). The van der Waals surface area contributed by atoms with Crippen molar-refractivity contribution in [1.82, 2.24) is 9.88 Å². The second-order valence-corrected chi connectivity index (χ2v) is 9.52. The van der Waals surface area contributed by atoms with Crippen LogP contribution in [0.3, 0.4) is 0 Å². The molecule has 2 heterocycles. The third-order valence-corrected chi connectivity index (χ3v) is 7.45. The number of anilines is 1. The van der Waals surface area contributed by atoms with E-state index < -0.39 is 5.97 Å². The van der Waals surface area contributed by atoms with E-state index in [1.165, 1.54) is 28.1 Å². The first-order valence-electron chi connectivity index (χ1n) is 12.5. The molecule has 1 saturated heterocycles. The van der Waals surface area contributed by atoms with Crippen LogP contribution in [0.4, 0.5) is 5.69 Å². The third kappa shape index (κ3) is 4.06. The van der Waals surface area contributed by atoms with Crippen LogP contribution in [0.15, 0.2) is 78.9 Å². The molecule has 0 unspecified atom stereocenters. The summed E-state index contributed by atoms with van der Waals surface area (Å²) in [5.41, 5.74) is 7.56. The van der Waals surface area contributed by atoms with Gasteiger partial charge in [0.25, 0.3) is 0 Å². The summed E-state index contributed by atoms with van der Waals surface area (Å²) in [5, 5.41) is 10.6. The van der Waals surface area contributed by atoms with Crippen LogP contribution in [-0.2, 0) is 12.8 Å². The Balaban J connectivity index is 1.34. The standard InChI is InChI=1S/C30H29N3O2/c34-30(35)23-14-15-27-25(20-23)29(24-12-7-13-26(24)31-27)33-18-16-32(17-19-33)28(21-8-3-1-4-9-21)22-10-5-2-6-11-22/h1-6,8-11,14-15,20,28H,7,12-13,16-19H2,(H,34,35). The zero-order valence-electron chi connectivity index (χ0n) is 19.7. The van der Waals surface area contributed by atoms with E-state index in [-0.39, 0.29) is 6.04 Å². The number of carboxylic acid groups (broad SMARTS) is 1. The zero-order chi connectivity index (χ0) is 23.8. The maximum absolute atomic E-state index is 11.7. The summed E-state index contributed by atoms with van der Waals surface area (Å²) in [6.07, 6.45) is 3.13. The van der Waals surface area contributed by atoms with Crippen molar-refractivity contribution in [3.05, 3.63) is 107 Å². The molecule has 1 aliphatic heterocycles. The molecule has 1 aliphatic carbocycles. The molecule has 0 amide bonds. The van der Waals surface area contributed by atoms with Crippen molar-refractivity contribution >= 4 is 22.6 Å². The largest absolute Gasteiger partial charge is 0.478 e. The number of pyridine rings is 1. The van der Waals surface area contributed by atoms with Crippen molar-refractivity contribution in [3.63, 3.8) is 0 Å². The van der Waals surface area contributed by atoms with E-state index in [0.29, 0.717) is 5.56 Å². The SMILES string of the molecule is O=C(O)c1ccc2nc3c(c(N4CCN(C(c5ccccc5)c5ccccc5)CC4)c2c1)CCC3. The van der Waals surface area contributed by atoms with Crippen molar-refractivity contribution in [2.45, 2.75) is 25.3 Å². The van der Waals surface area contributed by atoms with Gasteiger partial charge in [-0.3, -0.25) is 9.88 Å². The lowest BCUT2D eigenvalue weighted by Crippen LogP contribution is -2.48. The van der Waals surface area contributed by atoms with E-state index in [9.17, 15) is 9.90 Å². The van der Waals surface area contributed by atoms with Gasteiger partial charge in [-0.15, -0.1) is 0 Å². The molecular weight excluding hydrogens is 434 g/mol. The lowest BCUT2D eigenvalue weighted by atomic mass is 9.96. The second kappa shape index (κ2) is 9.16. The molecule has 3 aromatic carbocycles. The summed E-state index contributed by atoms with van der Waals surface area (Å²) in [7, 11) is 0. The van der Waals surface area contributed by atoms with Crippen molar-refractivity contribution < 1.29 is 9.90 Å². The van der Waals surface area contributed by atoms with Crippen molar-refractivity contribution in [1.29, 1.82) is 0 Å². The average Bonchev–Trinajstić information content (AvgIpc) is 3.37. The molecule has 0 spiro atoms. The molecule has 176 valence electrons. The Labute approximate surface area is 205 Å². The highest BCUT2D eigenvalue weighted by atomic mass is 16.4. The summed E-state index contributed by atoms with van der Waals surface area (Å²) < 4.78 is 0. The number of carbonyl (C=O) groups is 1. The van der Waals surface area contributed by atoms with Gasteiger partial charge in [0, 0.05) is 37.3 Å². The molecule has 1 aromatic heterocycles. The molecule has 0 radical (unpaired) electrons. The van der Waals surface area contributed by atoms with Gasteiger partial charge in [-0.05, 0) is 54.2 Å². The van der Waals surface area contributed by atoms with Crippen LogP contribution in [0, 0.1) is 0 Å². The van der Waals surface area contributed by atoms with E-state index >= 15 is 0 Å². The van der Waals surface area contributed by atoms with Gasteiger partial charge in [0.1, 0.15) is 0 Å². The minimum atomic E-state index is -0.892. The van der Waals surface area contributed by atoms with Gasteiger partial charge in [-0.2, -0.15) is 0 Å². The number of nitrogens with zero attached hydrogens (tertiary/aromatic N) is 3. The molecule has 35 heavy (non-hydrogen) atoms. The Morgan fingerprint density at radius 2 is 1.49 bits per heavy atom. The maximum Gasteiger partial charge on any atom is 0.335 e. The summed E-state index contributed by atoms with van der Waals surface area (Å²) in [6, 6.07) is 27.1. The van der Waals surface area contributed by atoms with E-state index in [2.05, 4.69) is 70.5 Å². The number of piperazine rings is 1. The fourth-order valence-corrected chi connectivity index (χ4v) is 5.82. The lowest BCUT2D eigenvalue weighted by Gasteiger charge is -2.41. The summed E-state index contributed by atoms with van der Waals surface area (Å²) in [4.78, 5) is 21.7. The summed E-state index contributed by atoms with van der Waals surface area (Å²) >= 11 is 0. The first-order chi connectivity index (χ1) is 17.2. The lowest BCUT2D eigenvalue weighted by molar-refractivity contribution is 0.0697. The Morgan fingerprint density at radius 3 is 2.11 bits per heavy atom. The monoisotopic (exact) mass is 463 g/mol. The van der Waals surface area contributed by atoms with Crippen LogP contribution in [-0.4, -0.2) is 47.1 Å². The Hall–Kier alpha value is -3.70. The number of aryl methyl sites for hydroxylation is 1. The summed E-state index contributed by atoms with van der Waals surface area (Å²) in [5.74, 6) is -0.892. The molecule has 0 bridgehead atoms. The average molecular weight is 464 g/mol. The number of benzene rings is 3. The topological polar surface area (TPSA) is 56.7 Å². The number of hydrogen-bond acceptors (Lipinski definition) is 4. The van der Waals surface area contributed by atoms with Crippen LogP contribution in [0.5, 0.6) is 0 Å². The van der Waals surface area contributed by atoms with E-state index in [1.807, 2.05) is 12.1 Å². The molecule has 0 atom stereocenters. The quantitative estimate of drug-likeness (QED) is 0.433. The molecule has 4 aromatic rings. The number of fused-ring (bicyclic) bond motifs is 2. The molecule has 2 aliphatic rings. The molecule has 1 N–H and O–H groups in total. The van der Waals surface area contributed by atoms with Gasteiger partial charge in [0.05, 0.1) is 22.8 Å². The van der Waals surface area contributed by atoms with Gasteiger partial charge in [-0.25, -0.2) is 4.79 Å². The number of aromatic carboxylic acids is 1. The van der Waals surface area contributed by atoms with Gasteiger partial charge < -0.3 is 10.0 Å². The van der Waals surface area contributed by atoms with E-state index in [0.717, 1.165) is 56.3 Å². The molecule has 1 fully saturated rings. The van der Waals surface area contributed by atoms with Gasteiger partial charge in [-0.1, -0.05) is 60.7 Å². The smallest absolute Gasteiger partial charge is 0.335 e. The van der Waals surface area contributed by atoms with Crippen molar-refractivity contribution in [3.8, 4) is 0 Å². The van der Waals surface area contributed by atoms with Crippen LogP contribution in [0.2, 0.25) is 0 Å². The van der Waals surface area contributed by atoms with Crippen LogP contribution < -0.4 is 4.90 Å². The van der Waals surface area contributed by atoms with Gasteiger partial charge in [0.15, 0.2) is 0 Å². The van der Waals surface area contributed by atoms with Gasteiger partial charge in [0.2, 0.25) is 0 Å². The van der Waals surface area contributed by atoms with Crippen LogP contribution >= 0.6 is 0 Å². The minimum absolute atomic E-state index is 0.220. The number of carboxylic acids is 1. The Morgan fingerprint density at radius 1 is 0.829 bits per heavy atom. The van der Waals surface area contributed by atoms with E-state index in [4.69, 9.17) is 4.98 Å². The third-order valence-electron chi connectivity index (χ3n) is 7.45. The van der Waals surface area contributed by atoms with Crippen LogP contribution in [0.25, 0.3) is 10.9 Å². The minimum Gasteiger partial charge on any atom is -0.478 e. The van der Waals surface area contributed by atoms with Crippen molar-refractivity contribution in [2.24, 2.45) is 0 Å².